The van der Waals surface area contributed by atoms with Crippen molar-refractivity contribution in [2.24, 2.45) is 5.92 Å². The number of ether oxygens (including phenoxy) is 1. The molecule has 2 rings (SSSR count). The van der Waals surface area contributed by atoms with Gasteiger partial charge in [-0.05, 0) is 44.0 Å². The van der Waals surface area contributed by atoms with E-state index < -0.39 is 5.82 Å². The molecule has 1 aromatic carbocycles. The van der Waals surface area contributed by atoms with Crippen molar-refractivity contribution in [3.05, 3.63) is 29.6 Å². The Morgan fingerprint density at radius 1 is 1.38 bits per heavy atom. The SMILES string of the molecule is CCC1CCN(CCC(=O)c2c(F)cccc2OC)CC1. The lowest BCUT2D eigenvalue weighted by atomic mass is 9.94. The fourth-order valence-electron chi connectivity index (χ4n) is 2.95. The van der Waals surface area contributed by atoms with Crippen molar-refractivity contribution >= 4 is 5.78 Å². The zero-order chi connectivity index (χ0) is 15.2. The number of hydrogen-bond donors (Lipinski definition) is 0. The van der Waals surface area contributed by atoms with Crippen molar-refractivity contribution in [3.63, 3.8) is 0 Å². The summed E-state index contributed by atoms with van der Waals surface area (Å²) in [6.07, 6.45) is 3.98. The van der Waals surface area contributed by atoms with Crippen molar-refractivity contribution < 1.29 is 13.9 Å². The predicted octanol–water partition coefficient (Wildman–Crippen LogP) is 3.53. The molecule has 116 valence electrons. The van der Waals surface area contributed by atoms with Gasteiger partial charge in [0.05, 0.1) is 12.7 Å². The van der Waals surface area contributed by atoms with E-state index in [1.807, 2.05) is 0 Å². The molecule has 1 aliphatic heterocycles. The van der Waals surface area contributed by atoms with Crippen molar-refractivity contribution in [3.8, 4) is 5.75 Å². The summed E-state index contributed by atoms with van der Waals surface area (Å²) < 4.78 is 18.9. The van der Waals surface area contributed by atoms with Crippen LogP contribution < -0.4 is 4.74 Å². The molecule has 4 heteroatoms. The first-order chi connectivity index (χ1) is 10.2. The number of nitrogens with zero attached hydrogens (tertiary/aromatic N) is 1. The Morgan fingerprint density at radius 2 is 2.10 bits per heavy atom. The number of methoxy groups -OCH3 is 1. The predicted molar refractivity (Wildman–Crippen MR) is 81.4 cm³/mol. The molecule has 0 spiro atoms. The summed E-state index contributed by atoms with van der Waals surface area (Å²) in [6.45, 7) is 5.02. The molecule has 0 aromatic heterocycles. The molecule has 0 unspecified atom stereocenters. The van der Waals surface area contributed by atoms with E-state index in [9.17, 15) is 9.18 Å². The van der Waals surface area contributed by atoms with Crippen LogP contribution in [0.25, 0.3) is 0 Å². The van der Waals surface area contributed by atoms with E-state index in [-0.39, 0.29) is 11.3 Å². The molecule has 0 N–H and O–H groups in total. The van der Waals surface area contributed by atoms with Gasteiger partial charge in [0, 0.05) is 13.0 Å². The fraction of sp³-hybridized carbons (Fsp3) is 0.588. The van der Waals surface area contributed by atoms with Gasteiger partial charge < -0.3 is 9.64 Å². The Morgan fingerprint density at radius 3 is 2.71 bits per heavy atom. The summed E-state index contributed by atoms with van der Waals surface area (Å²) >= 11 is 0. The third kappa shape index (κ3) is 4.03. The first-order valence-electron chi connectivity index (χ1n) is 7.73. The molecule has 21 heavy (non-hydrogen) atoms. The van der Waals surface area contributed by atoms with E-state index in [2.05, 4.69) is 11.8 Å². The number of rotatable bonds is 6. The molecule has 1 fully saturated rings. The highest BCUT2D eigenvalue weighted by molar-refractivity contribution is 5.99. The minimum Gasteiger partial charge on any atom is -0.496 e. The number of carbonyl (C=O) groups is 1. The first kappa shape index (κ1) is 16.0. The van der Waals surface area contributed by atoms with Crippen molar-refractivity contribution in [2.75, 3.05) is 26.7 Å². The molecule has 0 atom stereocenters. The molecule has 1 saturated heterocycles. The number of halogens is 1. The van der Waals surface area contributed by atoms with Gasteiger partial charge in [-0.15, -0.1) is 0 Å². The number of Topliss-reactive ketones (excluding diaryl/α,β-unsaturated/α-hetero) is 1. The zero-order valence-corrected chi connectivity index (χ0v) is 12.9. The number of likely N-dealkylation sites (tertiary alicyclic amines) is 1. The Kier molecular flexibility index (Phi) is 5.74. The van der Waals surface area contributed by atoms with Crippen LogP contribution in [0.2, 0.25) is 0 Å². The Bertz CT molecular complexity index is 482. The molecular weight excluding hydrogens is 269 g/mol. The average molecular weight is 293 g/mol. The number of benzene rings is 1. The monoisotopic (exact) mass is 293 g/mol. The first-order valence-corrected chi connectivity index (χ1v) is 7.73. The number of piperidine rings is 1. The van der Waals surface area contributed by atoms with Crippen LogP contribution in [0.3, 0.4) is 0 Å². The van der Waals surface area contributed by atoms with E-state index in [1.54, 1.807) is 12.1 Å². The summed E-state index contributed by atoms with van der Waals surface area (Å²) in [5.74, 6) is 0.472. The van der Waals surface area contributed by atoms with Gasteiger partial charge in [0.25, 0.3) is 0 Å². The van der Waals surface area contributed by atoms with Gasteiger partial charge in [0.2, 0.25) is 0 Å². The van der Waals surface area contributed by atoms with Gasteiger partial charge in [0.1, 0.15) is 11.6 Å². The summed E-state index contributed by atoms with van der Waals surface area (Å²) in [6, 6.07) is 4.49. The van der Waals surface area contributed by atoms with E-state index in [1.165, 1.54) is 32.4 Å². The van der Waals surface area contributed by atoms with E-state index in [0.29, 0.717) is 18.7 Å². The minimum absolute atomic E-state index is 0.0865. The molecule has 0 bridgehead atoms. The molecule has 1 aromatic rings. The van der Waals surface area contributed by atoms with Crippen LogP contribution in [0.4, 0.5) is 4.39 Å². The Labute approximate surface area is 126 Å². The highest BCUT2D eigenvalue weighted by Gasteiger charge is 2.21. The molecule has 1 heterocycles. The van der Waals surface area contributed by atoms with E-state index in [0.717, 1.165) is 19.0 Å². The van der Waals surface area contributed by atoms with Gasteiger partial charge in [-0.2, -0.15) is 0 Å². The maximum atomic E-state index is 13.8. The standard InChI is InChI=1S/C17H24FNO2/c1-3-13-7-10-19(11-8-13)12-9-15(20)17-14(18)5-4-6-16(17)21-2/h4-6,13H,3,7-12H2,1-2H3. The van der Waals surface area contributed by atoms with Crippen molar-refractivity contribution in [1.82, 2.24) is 4.90 Å². The summed E-state index contributed by atoms with van der Waals surface area (Å²) in [4.78, 5) is 14.6. The minimum atomic E-state index is -0.496. The second-order valence-corrected chi connectivity index (χ2v) is 5.68. The third-order valence-corrected chi connectivity index (χ3v) is 4.41. The lowest BCUT2D eigenvalue weighted by molar-refractivity contribution is 0.0943. The molecule has 0 radical (unpaired) electrons. The fourth-order valence-corrected chi connectivity index (χ4v) is 2.95. The van der Waals surface area contributed by atoms with E-state index >= 15 is 0 Å². The van der Waals surface area contributed by atoms with Crippen LogP contribution in [0, 0.1) is 11.7 Å². The van der Waals surface area contributed by atoms with E-state index in [4.69, 9.17) is 4.74 Å². The van der Waals surface area contributed by atoms with Gasteiger partial charge in [-0.1, -0.05) is 19.4 Å². The second-order valence-electron chi connectivity index (χ2n) is 5.68. The van der Waals surface area contributed by atoms with Crippen LogP contribution in [0.15, 0.2) is 18.2 Å². The lowest BCUT2D eigenvalue weighted by Crippen LogP contribution is -2.35. The quantitative estimate of drug-likeness (QED) is 0.751. The summed E-state index contributed by atoms with van der Waals surface area (Å²) in [5, 5.41) is 0. The number of hydrogen-bond acceptors (Lipinski definition) is 3. The van der Waals surface area contributed by atoms with Gasteiger partial charge in [0.15, 0.2) is 5.78 Å². The van der Waals surface area contributed by atoms with Crippen molar-refractivity contribution in [2.45, 2.75) is 32.6 Å². The molecule has 3 nitrogen and oxygen atoms in total. The van der Waals surface area contributed by atoms with Crippen LogP contribution in [0.5, 0.6) is 5.75 Å². The molecule has 0 amide bonds. The lowest BCUT2D eigenvalue weighted by Gasteiger charge is -2.31. The second kappa shape index (κ2) is 7.55. The number of ketones is 1. The smallest absolute Gasteiger partial charge is 0.170 e. The maximum absolute atomic E-state index is 13.8. The normalized spacial score (nSPS) is 16.9. The zero-order valence-electron chi connectivity index (χ0n) is 12.9. The largest absolute Gasteiger partial charge is 0.496 e. The average Bonchev–Trinajstić information content (AvgIpc) is 2.52. The highest BCUT2D eigenvalue weighted by Crippen LogP contribution is 2.24. The molecule has 1 aliphatic rings. The highest BCUT2D eigenvalue weighted by atomic mass is 19.1. The van der Waals surface area contributed by atoms with Gasteiger partial charge in [-0.3, -0.25) is 4.79 Å². The third-order valence-electron chi connectivity index (χ3n) is 4.41. The van der Waals surface area contributed by atoms with Crippen molar-refractivity contribution in [1.29, 1.82) is 0 Å². The Balaban J connectivity index is 1.91. The summed E-state index contributed by atoms with van der Waals surface area (Å²) in [7, 11) is 1.46. The van der Waals surface area contributed by atoms with Crippen LogP contribution >= 0.6 is 0 Å². The summed E-state index contributed by atoms with van der Waals surface area (Å²) in [5.41, 5.74) is 0.0865. The number of carbonyl (C=O) groups excluding carboxylic acids is 1. The molecule has 0 aliphatic carbocycles. The van der Waals surface area contributed by atoms with Crippen LogP contribution in [-0.2, 0) is 0 Å². The van der Waals surface area contributed by atoms with Crippen LogP contribution in [-0.4, -0.2) is 37.4 Å². The maximum Gasteiger partial charge on any atom is 0.170 e. The van der Waals surface area contributed by atoms with Gasteiger partial charge in [-0.25, -0.2) is 4.39 Å². The topological polar surface area (TPSA) is 29.5 Å². The molecule has 0 saturated carbocycles. The Hall–Kier alpha value is -1.42. The van der Waals surface area contributed by atoms with Gasteiger partial charge >= 0.3 is 0 Å². The molecular formula is C17H24FNO2. The van der Waals surface area contributed by atoms with Crippen LogP contribution in [0.1, 0.15) is 43.0 Å².